The van der Waals surface area contributed by atoms with Crippen LogP contribution in [0, 0.1) is 0 Å². The highest BCUT2D eigenvalue weighted by atomic mass is 31.1. The molecule has 4 rings (SSSR count). The zero-order valence-electron chi connectivity index (χ0n) is 18.0. The average molecular weight is 504 g/mol. The van der Waals surface area contributed by atoms with Gasteiger partial charge in [-0.3, -0.25) is 9.32 Å². The third kappa shape index (κ3) is 4.62. The summed E-state index contributed by atoms with van der Waals surface area (Å²) in [5.74, 6) is 0.369. The van der Waals surface area contributed by atoms with Gasteiger partial charge in [-0.25, -0.2) is 13.9 Å². The van der Waals surface area contributed by atoms with Crippen LogP contribution in [0.25, 0.3) is 21.2 Å². The van der Waals surface area contributed by atoms with Crippen LogP contribution in [0.3, 0.4) is 0 Å². The molecule has 183 valence electrons. The maximum absolute atomic E-state index is 12.6. The first-order valence-electron chi connectivity index (χ1n) is 10.0. The van der Waals surface area contributed by atoms with E-state index in [1.807, 2.05) is 24.3 Å². The molecular weight excluding hydrogens is 485 g/mol. The number of hydrogen-bond donors (Lipinski definition) is 3. The molecule has 3 aromatic rings. The molecule has 1 aromatic heterocycles. The summed E-state index contributed by atoms with van der Waals surface area (Å²) in [6, 6.07) is 11.6. The topological polar surface area (TPSA) is 198 Å². The van der Waals surface area contributed by atoms with Crippen molar-refractivity contribution in [1.82, 2.24) is 9.55 Å². The molecule has 2 heterocycles. The van der Waals surface area contributed by atoms with E-state index in [4.69, 9.17) is 24.1 Å². The van der Waals surface area contributed by atoms with Gasteiger partial charge in [0.2, 0.25) is 5.72 Å². The fourth-order valence-electron chi connectivity index (χ4n) is 3.64. The van der Waals surface area contributed by atoms with Crippen molar-refractivity contribution in [3.8, 4) is 11.5 Å². The number of hydrogen-bond acceptors (Lipinski definition) is 10. The van der Waals surface area contributed by atoms with Gasteiger partial charge in [0, 0.05) is 17.2 Å². The Hall–Kier alpha value is -3.77. The van der Waals surface area contributed by atoms with Crippen molar-refractivity contribution in [2.45, 2.75) is 24.2 Å². The Balaban J connectivity index is 1.56. The third-order valence-electron chi connectivity index (χ3n) is 5.34. The number of rotatable bonds is 8. The summed E-state index contributed by atoms with van der Waals surface area (Å²) < 4.78 is 34.3. The van der Waals surface area contributed by atoms with Crippen LogP contribution < -0.4 is 20.5 Å². The van der Waals surface area contributed by atoms with Crippen molar-refractivity contribution < 1.29 is 33.3 Å². The zero-order chi connectivity index (χ0) is 25.2. The van der Waals surface area contributed by atoms with Crippen molar-refractivity contribution in [3.05, 3.63) is 79.9 Å². The van der Waals surface area contributed by atoms with Gasteiger partial charge < -0.3 is 29.2 Å². The molecule has 1 radical (unpaired) electrons. The number of ether oxygens (including phenoxy) is 2. The van der Waals surface area contributed by atoms with Gasteiger partial charge in [-0.1, -0.05) is 29.4 Å². The minimum Gasteiger partial charge on any atom is -0.493 e. The summed E-state index contributed by atoms with van der Waals surface area (Å²) in [5, 5.41) is 26.0. The number of methoxy groups -OCH3 is 1. The molecule has 0 spiro atoms. The predicted octanol–water partition coefficient (Wildman–Crippen LogP) is 1.71. The number of fused-ring (bicyclic) bond motifs is 1. The molecule has 1 fully saturated rings. The van der Waals surface area contributed by atoms with E-state index in [1.54, 1.807) is 12.1 Å². The third-order valence-corrected chi connectivity index (χ3v) is 6.03. The predicted molar refractivity (Wildman–Crippen MR) is 120 cm³/mol. The number of H-pyrrole nitrogens is 1. The molecule has 0 bridgehead atoms. The molecule has 0 aliphatic carbocycles. The first-order chi connectivity index (χ1) is 16.8. The number of nitrogens with one attached hydrogen (secondary N) is 1. The van der Waals surface area contributed by atoms with Crippen molar-refractivity contribution in [1.29, 1.82) is 0 Å². The summed E-state index contributed by atoms with van der Waals surface area (Å²) in [7, 11) is -1.53. The van der Waals surface area contributed by atoms with Crippen LogP contribution in [0.5, 0.6) is 11.5 Å². The SMILES string of the molecule is COc1cc2ccccc2cc1O[P](=O)OC[C@@]1(N=[N+]=[N-])O[C@@H](n2c(=O)cc[nH]c2=O)[C@H](O)[C@@H]1O. The van der Waals surface area contributed by atoms with Crippen LogP contribution in [0.4, 0.5) is 0 Å². The van der Waals surface area contributed by atoms with Crippen molar-refractivity contribution >= 4 is 19.0 Å². The Morgan fingerprint density at radius 3 is 2.54 bits per heavy atom. The molecule has 1 aliphatic heterocycles. The van der Waals surface area contributed by atoms with Gasteiger partial charge in [0.25, 0.3) is 5.56 Å². The normalized spacial score (nSPS) is 24.1. The van der Waals surface area contributed by atoms with Crippen LogP contribution in [-0.4, -0.2) is 51.4 Å². The van der Waals surface area contributed by atoms with E-state index in [-0.39, 0.29) is 11.5 Å². The van der Waals surface area contributed by atoms with Gasteiger partial charge in [-0.15, -0.1) is 0 Å². The van der Waals surface area contributed by atoms with E-state index in [9.17, 15) is 24.4 Å². The van der Waals surface area contributed by atoms with Crippen molar-refractivity contribution in [2.75, 3.05) is 13.7 Å². The zero-order valence-corrected chi connectivity index (χ0v) is 18.9. The molecule has 0 amide bonds. The van der Waals surface area contributed by atoms with Gasteiger partial charge in [-0.2, -0.15) is 0 Å². The lowest BCUT2D eigenvalue weighted by Crippen LogP contribution is -2.44. The highest BCUT2D eigenvalue weighted by molar-refractivity contribution is 7.33. The van der Waals surface area contributed by atoms with Crippen molar-refractivity contribution in [2.24, 2.45) is 5.11 Å². The number of aromatic nitrogens is 2. The average Bonchev–Trinajstić information content (AvgIpc) is 3.08. The first-order valence-corrected chi connectivity index (χ1v) is 11.1. The fraction of sp³-hybridized carbons (Fsp3) is 0.300. The second-order valence-corrected chi connectivity index (χ2v) is 8.30. The quantitative estimate of drug-likeness (QED) is 0.177. The molecule has 14 nitrogen and oxygen atoms in total. The smallest absolute Gasteiger partial charge is 0.429 e. The van der Waals surface area contributed by atoms with Gasteiger partial charge >= 0.3 is 13.9 Å². The van der Waals surface area contributed by atoms with Crippen LogP contribution in [0.1, 0.15) is 6.23 Å². The van der Waals surface area contributed by atoms with E-state index >= 15 is 0 Å². The Bertz CT molecular complexity index is 1410. The molecular formula is C20H19N5O9P. The lowest BCUT2D eigenvalue weighted by molar-refractivity contribution is -0.121. The molecule has 0 saturated carbocycles. The van der Waals surface area contributed by atoms with Crippen LogP contribution in [0.2, 0.25) is 0 Å². The largest absolute Gasteiger partial charge is 0.493 e. The number of aliphatic hydroxyl groups excluding tert-OH is 2. The number of nitrogens with zero attached hydrogens (tertiary/aromatic N) is 4. The Morgan fingerprint density at radius 1 is 1.23 bits per heavy atom. The van der Waals surface area contributed by atoms with Gasteiger partial charge in [0.1, 0.15) is 18.8 Å². The maximum atomic E-state index is 12.6. The van der Waals surface area contributed by atoms with Crippen LogP contribution in [-0.2, 0) is 13.8 Å². The van der Waals surface area contributed by atoms with E-state index in [0.29, 0.717) is 4.57 Å². The molecule has 2 aromatic carbocycles. The fourth-order valence-corrected chi connectivity index (χ4v) is 4.29. The Labute approximate surface area is 196 Å². The molecule has 35 heavy (non-hydrogen) atoms. The lowest BCUT2D eigenvalue weighted by atomic mass is 10.1. The minimum absolute atomic E-state index is 0.0957. The Kier molecular flexibility index (Phi) is 6.85. The van der Waals surface area contributed by atoms with E-state index in [2.05, 4.69) is 15.0 Å². The highest BCUT2D eigenvalue weighted by Crippen LogP contribution is 2.42. The summed E-state index contributed by atoms with van der Waals surface area (Å²) >= 11 is 0. The molecule has 15 heteroatoms. The molecule has 1 saturated heterocycles. The minimum atomic E-state index is -2.93. The summed E-state index contributed by atoms with van der Waals surface area (Å²) in [6.45, 7) is -0.851. The van der Waals surface area contributed by atoms with Gasteiger partial charge in [-0.05, 0) is 28.4 Å². The first kappa shape index (κ1) is 24.4. The van der Waals surface area contributed by atoms with E-state index in [1.165, 1.54) is 7.11 Å². The summed E-state index contributed by atoms with van der Waals surface area (Å²) in [5.41, 5.74) is 4.89. The van der Waals surface area contributed by atoms with E-state index < -0.39 is 50.3 Å². The second-order valence-electron chi connectivity index (χ2n) is 7.41. The summed E-state index contributed by atoms with van der Waals surface area (Å²) in [6.07, 6.45) is -4.46. The van der Waals surface area contributed by atoms with E-state index in [0.717, 1.165) is 23.0 Å². The summed E-state index contributed by atoms with van der Waals surface area (Å²) in [4.78, 5) is 29.0. The maximum Gasteiger partial charge on any atom is 0.429 e. The molecule has 5 atom stereocenters. The standard InChI is InChI=1S/C20H19N5O9P/c1-31-13-8-11-4-2-3-5-12(11)9-14(13)34-35(30)32-10-20(23-24-21)17(28)16(27)18(33-20)25-15(26)6-7-22-19(25)29/h2-9,16-18,27-28H,10H2,1H3,(H,22,29)/t16-,17+,18-,20-/m1/s1. The lowest BCUT2D eigenvalue weighted by Gasteiger charge is -2.25. The van der Waals surface area contributed by atoms with Crippen LogP contribution in [0.15, 0.2) is 63.4 Å². The van der Waals surface area contributed by atoms with Crippen molar-refractivity contribution in [3.63, 3.8) is 0 Å². The molecule has 3 N–H and O–H groups in total. The Morgan fingerprint density at radius 2 is 1.91 bits per heavy atom. The number of aromatic amines is 1. The van der Waals surface area contributed by atoms with Gasteiger partial charge in [0.05, 0.1) is 7.11 Å². The number of benzene rings is 2. The molecule has 1 unspecified atom stereocenters. The number of azide groups is 1. The highest BCUT2D eigenvalue weighted by Gasteiger charge is 2.56. The molecule has 1 aliphatic rings. The van der Waals surface area contributed by atoms with Gasteiger partial charge in [0.15, 0.2) is 17.7 Å². The number of aliphatic hydroxyl groups is 2. The second kappa shape index (κ2) is 9.84. The monoisotopic (exact) mass is 504 g/mol. The van der Waals surface area contributed by atoms with Crippen LogP contribution >= 0.6 is 8.25 Å².